The lowest BCUT2D eigenvalue weighted by atomic mass is 10.0. The molecule has 0 unspecified atom stereocenters. The monoisotopic (exact) mass is 584 g/mol. The maximum Gasteiger partial charge on any atom is 0.160 e. The van der Waals surface area contributed by atoms with Crippen molar-refractivity contribution in [2.24, 2.45) is 0 Å². The maximum absolute atomic E-state index is 8.71. The number of aromatic nitrogens is 3. The average Bonchev–Trinajstić information content (AvgIpc) is 3.70. The lowest BCUT2D eigenvalue weighted by Crippen LogP contribution is -1.96. The lowest BCUT2D eigenvalue weighted by Gasteiger charge is -2.11. The van der Waals surface area contributed by atoms with Crippen molar-refractivity contribution in [2.75, 3.05) is 0 Å². The highest BCUT2D eigenvalue weighted by molar-refractivity contribution is 7.26. The smallest absolute Gasteiger partial charge is 0.160 e. The van der Waals surface area contributed by atoms with E-state index in [0.717, 1.165) is 48.0 Å². The molecule has 0 saturated carbocycles. The van der Waals surface area contributed by atoms with Gasteiger partial charge in [-0.2, -0.15) is 0 Å². The molecule has 6 aromatic carbocycles. The van der Waals surface area contributed by atoms with Gasteiger partial charge in [0.25, 0.3) is 0 Å². The van der Waals surface area contributed by atoms with Crippen LogP contribution in [-0.4, -0.2) is 14.5 Å². The van der Waals surface area contributed by atoms with Crippen LogP contribution in [0.4, 0.5) is 0 Å². The van der Waals surface area contributed by atoms with Gasteiger partial charge in [-0.1, -0.05) is 121 Å². The number of rotatable bonds is 4. The molecule has 3 aromatic heterocycles. The third-order valence-electron chi connectivity index (χ3n) is 8.11. The van der Waals surface area contributed by atoms with E-state index in [2.05, 4.69) is 77.4 Å². The van der Waals surface area contributed by atoms with Crippen LogP contribution in [0.3, 0.4) is 0 Å². The fourth-order valence-electron chi connectivity index (χ4n) is 6.21. The van der Waals surface area contributed by atoms with Crippen molar-refractivity contribution in [3.05, 3.63) is 152 Å². The fourth-order valence-corrected chi connectivity index (χ4v) is 7.44. The molecule has 0 aliphatic heterocycles. The van der Waals surface area contributed by atoms with E-state index in [0.29, 0.717) is 11.5 Å². The molecule has 0 spiro atoms. The fraction of sp³-hybridized carbons (Fsp3) is 0. The molecule has 0 bridgehead atoms. The topological polar surface area (TPSA) is 30.7 Å². The molecule has 9 rings (SSSR count). The first-order valence-corrected chi connectivity index (χ1v) is 15.2. The van der Waals surface area contributed by atoms with Gasteiger partial charge in [0.1, 0.15) is 0 Å². The Balaban J connectivity index is 1.33. The van der Waals surface area contributed by atoms with Crippen LogP contribution in [0.5, 0.6) is 0 Å². The van der Waals surface area contributed by atoms with Crippen molar-refractivity contribution in [1.29, 1.82) is 0 Å². The zero-order chi connectivity index (χ0) is 33.4. The number of hydrogen-bond donors (Lipinski definition) is 0. The van der Waals surface area contributed by atoms with Crippen molar-refractivity contribution in [3.8, 4) is 39.6 Å². The zero-order valence-corrected chi connectivity index (χ0v) is 24.1. The van der Waals surface area contributed by atoms with E-state index in [9.17, 15) is 0 Å². The van der Waals surface area contributed by atoms with Crippen LogP contribution >= 0.6 is 11.3 Å². The normalized spacial score (nSPS) is 13.2. The highest BCUT2D eigenvalue weighted by Gasteiger charge is 2.19. The minimum Gasteiger partial charge on any atom is -0.308 e. The summed E-state index contributed by atoms with van der Waals surface area (Å²) in [4.78, 5) is 9.84. The van der Waals surface area contributed by atoms with Crippen molar-refractivity contribution < 1.29 is 6.85 Å². The summed E-state index contributed by atoms with van der Waals surface area (Å²) in [7, 11) is 0. The van der Waals surface area contributed by atoms with Gasteiger partial charge >= 0.3 is 0 Å². The predicted molar refractivity (Wildman–Crippen MR) is 186 cm³/mol. The molecular weight excluding hydrogens is 555 g/mol. The largest absolute Gasteiger partial charge is 0.308 e. The zero-order valence-electron chi connectivity index (χ0n) is 28.3. The molecule has 0 aliphatic carbocycles. The molecule has 0 amide bonds. The molecule has 3 nitrogen and oxygen atoms in total. The summed E-state index contributed by atoms with van der Waals surface area (Å²) in [5, 5.41) is 4.52. The van der Waals surface area contributed by atoms with Gasteiger partial charge < -0.3 is 4.57 Å². The van der Waals surface area contributed by atoms with Gasteiger partial charge in [-0.05, 0) is 30.3 Å². The Kier molecular flexibility index (Phi) is 4.63. The highest BCUT2D eigenvalue weighted by atomic mass is 32.1. The second-order valence-corrected chi connectivity index (χ2v) is 11.7. The van der Waals surface area contributed by atoms with Gasteiger partial charge in [-0.25, -0.2) is 9.97 Å². The molecule has 0 fully saturated rings. The summed E-state index contributed by atoms with van der Waals surface area (Å²) >= 11 is 1.73. The van der Waals surface area contributed by atoms with E-state index in [-0.39, 0.29) is 23.3 Å². The van der Waals surface area contributed by atoms with E-state index in [1.165, 1.54) is 10.8 Å². The maximum atomic E-state index is 8.71. The first kappa shape index (κ1) is 20.3. The predicted octanol–water partition coefficient (Wildman–Crippen LogP) is 10.9. The van der Waals surface area contributed by atoms with Crippen molar-refractivity contribution in [1.82, 2.24) is 14.5 Å². The van der Waals surface area contributed by atoms with E-state index >= 15 is 0 Å². The Labute approximate surface area is 265 Å². The molecule has 206 valence electrons. The lowest BCUT2D eigenvalue weighted by molar-refractivity contribution is 1.19. The van der Waals surface area contributed by atoms with E-state index in [1.807, 2.05) is 42.5 Å². The molecular formula is C40H25N3S. The average molecular weight is 585 g/mol. The molecule has 9 aromatic rings. The van der Waals surface area contributed by atoms with Crippen LogP contribution in [-0.2, 0) is 0 Å². The molecule has 0 N–H and O–H groups in total. The van der Waals surface area contributed by atoms with Crippen LogP contribution in [0.25, 0.3) is 81.6 Å². The van der Waals surface area contributed by atoms with Gasteiger partial charge in [0.2, 0.25) is 0 Å². The molecule has 3 heterocycles. The van der Waals surface area contributed by atoms with Crippen molar-refractivity contribution in [2.45, 2.75) is 0 Å². The van der Waals surface area contributed by atoms with Crippen molar-refractivity contribution >= 4 is 53.3 Å². The van der Waals surface area contributed by atoms with Gasteiger partial charge in [0.15, 0.2) is 5.82 Å². The Hall–Kier alpha value is -5.58. The van der Waals surface area contributed by atoms with Gasteiger partial charge in [-0.15, -0.1) is 11.3 Å². The summed E-state index contributed by atoms with van der Waals surface area (Å²) in [6.45, 7) is 0. The minimum atomic E-state index is -0.440. The van der Waals surface area contributed by atoms with E-state index < -0.39 is 18.1 Å². The first-order valence-electron chi connectivity index (χ1n) is 16.9. The second kappa shape index (κ2) is 10.0. The number of para-hydroxylation sites is 2. The number of benzene rings is 6. The Morgan fingerprint density at radius 2 is 1.23 bits per heavy atom. The third kappa shape index (κ3) is 3.89. The summed E-state index contributed by atoms with van der Waals surface area (Å²) in [5.74, 6) is 0.405. The number of hydrogen-bond acceptors (Lipinski definition) is 3. The number of thiophene rings is 1. The third-order valence-corrected chi connectivity index (χ3v) is 9.31. The van der Waals surface area contributed by atoms with Crippen LogP contribution in [0.1, 0.15) is 6.85 Å². The number of fused-ring (bicyclic) bond motifs is 6. The quantitative estimate of drug-likeness (QED) is 0.206. The highest BCUT2D eigenvalue weighted by Crippen LogP contribution is 2.44. The molecule has 0 atom stereocenters. The van der Waals surface area contributed by atoms with Crippen LogP contribution in [0.15, 0.2) is 152 Å². The molecule has 0 aliphatic rings. The molecule has 44 heavy (non-hydrogen) atoms. The van der Waals surface area contributed by atoms with Crippen LogP contribution in [0, 0.1) is 0 Å². The van der Waals surface area contributed by atoms with Crippen LogP contribution in [0.2, 0.25) is 0 Å². The van der Waals surface area contributed by atoms with E-state index in [1.54, 1.807) is 17.4 Å². The second-order valence-electron chi connectivity index (χ2n) is 10.6. The summed E-state index contributed by atoms with van der Waals surface area (Å²) in [5.41, 5.74) is 5.91. The first-order chi connectivity index (χ1) is 23.9. The SMILES string of the molecule is [2H]c1c([2H])c([2H])c(-c2cc(-c3cccc4sc5c(-n6c7ccccc7c7ccccc76)cccc5c34)nc(-c3ccccc3)n2)c([2H])c1[2H]. The van der Waals surface area contributed by atoms with Gasteiger partial charge in [0.05, 0.1) is 39.7 Å². The minimum absolute atomic E-state index is 0.0443. The van der Waals surface area contributed by atoms with Crippen LogP contribution < -0.4 is 0 Å². The summed E-state index contributed by atoms with van der Waals surface area (Å²) < 4.78 is 46.8. The summed E-state index contributed by atoms with van der Waals surface area (Å²) in [6.07, 6.45) is 0. The Morgan fingerprint density at radius 1 is 0.568 bits per heavy atom. The van der Waals surface area contributed by atoms with E-state index in [4.69, 9.17) is 16.8 Å². The van der Waals surface area contributed by atoms with Gasteiger partial charge in [0, 0.05) is 42.9 Å². The number of nitrogens with zero attached hydrogens (tertiary/aromatic N) is 3. The molecule has 0 saturated heterocycles. The van der Waals surface area contributed by atoms with Gasteiger partial charge in [-0.3, -0.25) is 0 Å². The summed E-state index contributed by atoms with van der Waals surface area (Å²) in [6, 6.07) is 39.0. The molecule has 0 radical (unpaired) electrons. The molecule has 4 heteroatoms. The Morgan fingerprint density at radius 3 is 2.00 bits per heavy atom. The Bertz CT molecular complexity index is 2710. The van der Waals surface area contributed by atoms with Crippen molar-refractivity contribution in [3.63, 3.8) is 0 Å². The standard InChI is InChI=1S/C40H25N3S/c1-3-13-26(14-4-1)32-25-33(42-40(41-32)27-15-5-2-6-16-27)30-19-12-24-37-38(30)31-20-11-23-36(39(31)44-37)43-34-21-9-7-17-28(34)29-18-8-10-22-35(29)43/h1-25H/i1D,3D,4D,13D,14D.